The second kappa shape index (κ2) is 4.21. The lowest BCUT2D eigenvalue weighted by molar-refractivity contribution is -0.134. The molecule has 0 radical (unpaired) electrons. The third kappa shape index (κ3) is 2.15. The summed E-state index contributed by atoms with van der Waals surface area (Å²) in [5.41, 5.74) is 0. The Bertz CT molecular complexity index is 366. The van der Waals surface area contributed by atoms with Crippen molar-refractivity contribution in [1.29, 1.82) is 0 Å². The normalized spacial score (nSPS) is 21.8. The minimum Gasteiger partial charge on any atom is -0.394 e. The molecule has 1 aliphatic heterocycles. The molecule has 1 atom stereocenters. The molecule has 1 aromatic heterocycles. The summed E-state index contributed by atoms with van der Waals surface area (Å²) in [6.07, 6.45) is -1.79. The molecule has 2 rings (SSSR count). The van der Waals surface area contributed by atoms with Crippen LogP contribution in [0.5, 0.6) is 0 Å². The minimum absolute atomic E-state index is 0.0407. The molecular formula is C9H11F3N2OS. The van der Waals surface area contributed by atoms with Gasteiger partial charge in [-0.15, -0.1) is 0 Å². The van der Waals surface area contributed by atoms with Crippen LogP contribution in [-0.2, 0) is 6.18 Å². The number of hydrogen-bond donors (Lipinski definition) is 1. The standard InChI is InChI=1S/C9H11F3N2OS/c10-9(11,12)7-4-13-8(16-7)14-3-1-2-6(14)5-15/h4,6,15H,1-3,5H2/t6-/m1/s1. The van der Waals surface area contributed by atoms with E-state index in [4.69, 9.17) is 5.11 Å². The Hall–Kier alpha value is -0.820. The monoisotopic (exact) mass is 252 g/mol. The average Bonchev–Trinajstić information content (AvgIpc) is 2.84. The van der Waals surface area contributed by atoms with E-state index in [-0.39, 0.29) is 12.6 Å². The van der Waals surface area contributed by atoms with Crippen molar-refractivity contribution in [2.45, 2.75) is 25.1 Å². The number of thiazole rings is 1. The first-order valence-corrected chi connectivity index (χ1v) is 5.74. The number of rotatable bonds is 2. The average molecular weight is 252 g/mol. The van der Waals surface area contributed by atoms with Crippen molar-refractivity contribution in [1.82, 2.24) is 4.98 Å². The Morgan fingerprint density at radius 2 is 2.31 bits per heavy atom. The van der Waals surface area contributed by atoms with Gasteiger partial charge in [0, 0.05) is 6.54 Å². The first kappa shape index (κ1) is 11.7. The molecule has 0 aliphatic carbocycles. The summed E-state index contributed by atoms with van der Waals surface area (Å²) in [7, 11) is 0. The SMILES string of the molecule is OC[C@H]1CCCN1c1ncc(C(F)(F)F)s1. The Kier molecular flexibility index (Phi) is 3.07. The molecule has 1 fully saturated rings. The molecule has 0 amide bonds. The van der Waals surface area contributed by atoms with Gasteiger partial charge in [0.2, 0.25) is 0 Å². The number of nitrogens with zero attached hydrogens (tertiary/aromatic N) is 2. The van der Waals surface area contributed by atoms with Gasteiger partial charge in [0.1, 0.15) is 4.88 Å². The third-order valence-electron chi connectivity index (χ3n) is 2.61. The summed E-state index contributed by atoms with van der Waals surface area (Å²) < 4.78 is 37.1. The topological polar surface area (TPSA) is 36.4 Å². The van der Waals surface area contributed by atoms with Crippen LogP contribution in [0.3, 0.4) is 0 Å². The van der Waals surface area contributed by atoms with Gasteiger partial charge in [0.05, 0.1) is 18.8 Å². The lowest BCUT2D eigenvalue weighted by Crippen LogP contribution is -2.31. The molecular weight excluding hydrogens is 241 g/mol. The molecule has 7 heteroatoms. The van der Waals surface area contributed by atoms with Gasteiger partial charge in [-0.3, -0.25) is 0 Å². The predicted octanol–water partition coefficient (Wildman–Crippen LogP) is 2.12. The quantitative estimate of drug-likeness (QED) is 0.876. The van der Waals surface area contributed by atoms with Crippen LogP contribution >= 0.6 is 11.3 Å². The zero-order valence-corrected chi connectivity index (χ0v) is 9.18. The summed E-state index contributed by atoms with van der Waals surface area (Å²) in [6.45, 7) is 0.622. The van der Waals surface area contributed by atoms with Crippen LogP contribution in [0.2, 0.25) is 0 Å². The number of aliphatic hydroxyl groups excluding tert-OH is 1. The van der Waals surface area contributed by atoms with Crippen LogP contribution in [0.25, 0.3) is 0 Å². The van der Waals surface area contributed by atoms with E-state index in [1.54, 1.807) is 4.90 Å². The fourth-order valence-electron chi connectivity index (χ4n) is 1.81. The molecule has 3 nitrogen and oxygen atoms in total. The van der Waals surface area contributed by atoms with Crippen molar-refractivity contribution in [3.05, 3.63) is 11.1 Å². The third-order valence-corrected chi connectivity index (χ3v) is 3.69. The molecule has 1 N–H and O–H groups in total. The van der Waals surface area contributed by atoms with E-state index in [9.17, 15) is 13.2 Å². The molecule has 1 aromatic rings. The molecule has 1 saturated heterocycles. The Balaban J connectivity index is 2.18. The Labute approximate surface area is 94.5 Å². The highest BCUT2D eigenvalue weighted by Crippen LogP contribution is 2.37. The molecule has 2 heterocycles. The maximum absolute atomic E-state index is 12.4. The van der Waals surface area contributed by atoms with Gasteiger partial charge >= 0.3 is 6.18 Å². The zero-order chi connectivity index (χ0) is 11.8. The molecule has 16 heavy (non-hydrogen) atoms. The Morgan fingerprint density at radius 1 is 1.56 bits per heavy atom. The highest BCUT2D eigenvalue weighted by molar-refractivity contribution is 7.15. The van der Waals surface area contributed by atoms with Crippen molar-refractivity contribution in [2.24, 2.45) is 0 Å². The van der Waals surface area contributed by atoms with Gasteiger partial charge in [-0.25, -0.2) is 4.98 Å². The fraction of sp³-hybridized carbons (Fsp3) is 0.667. The summed E-state index contributed by atoms with van der Waals surface area (Å²) in [5, 5.41) is 9.43. The van der Waals surface area contributed by atoms with Crippen molar-refractivity contribution >= 4 is 16.5 Å². The number of hydrogen-bond acceptors (Lipinski definition) is 4. The number of aromatic nitrogens is 1. The largest absolute Gasteiger partial charge is 0.427 e. The van der Waals surface area contributed by atoms with Crippen molar-refractivity contribution < 1.29 is 18.3 Å². The second-order valence-corrected chi connectivity index (χ2v) is 4.69. The first-order valence-electron chi connectivity index (χ1n) is 4.93. The maximum atomic E-state index is 12.4. The van der Waals surface area contributed by atoms with Crippen LogP contribution in [0.1, 0.15) is 17.7 Å². The molecule has 0 aromatic carbocycles. The molecule has 0 bridgehead atoms. The molecule has 0 saturated carbocycles. The maximum Gasteiger partial charge on any atom is 0.427 e. The first-order chi connectivity index (χ1) is 7.52. The lowest BCUT2D eigenvalue weighted by Gasteiger charge is -2.21. The van der Waals surface area contributed by atoms with Crippen LogP contribution in [0, 0.1) is 0 Å². The number of aliphatic hydroxyl groups is 1. The van der Waals surface area contributed by atoms with Gasteiger partial charge in [0.15, 0.2) is 5.13 Å². The van der Waals surface area contributed by atoms with Crippen LogP contribution in [-0.4, -0.2) is 29.3 Å². The summed E-state index contributed by atoms with van der Waals surface area (Å²) in [6, 6.07) is -0.0905. The van der Waals surface area contributed by atoms with Gasteiger partial charge in [0.25, 0.3) is 0 Å². The van der Waals surface area contributed by atoms with Gasteiger partial charge in [-0.05, 0) is 12.8 Å². The summed E-state index contributed by atoms with van der Waals surface area (Å²) in [5.74, 6) is 0. The molecule has 90 valence electrons. The Morgan fingerprint density at radius 3 is 2.88 bits per heavy atom. The van der Waals surface area contributed by atoms with Gasteiger partial charge in [-0.2, -0.15) is 13.2 Å². The van der Waals surface area contributed by atoms with E-state index in [0.717, 1.165) is 19.0 Å². The number of alkyl halides is 3. The molecule has 0 unspecified atom stereocenters. The van der Waals surface area contributed by atoms with Crippen molar-refractivity contribution in [2.75, 3.05) is 18.1 Å². The number of anilines is 1. The molecule has 1 aliphatic rings. The highest BCUT2D eigenvalue weighted by atomic mass is 32.1. The van der Waals surface area contributed by atoms with E-state index in [1.165, 1.54) is 0 Å². The van der Waals surface area contributed by atoms with Gasteiger partial charge < -0.3 is 10.0 Å². The molecule has 0 spiro atoms. The van der Waals surface area contributed by atoms with E-state index in [0.29, 0.717) is 23.0 Å². The van der Waals surface area contributed by atoms with Crippen molar-refractivity contribution in [3.63, 3.8) is 0 Å². The summed E-state index contributed by atoms with van der Waals surface area (Å²) in [4.78, 5) is 4.84. The van der Waals surface area contributed by atoms with Crippen LogP contribution in [0.15, 0.2) is 6.20 Å². The van der Waals surface area contributed by atoms with Crippen LogP contribution in [0.4, 0.5) is 18.3 Å². The lowest BCUT2D eigenvalue weighted by atomic mass is 10.2. The van der Waals surface area contributed by atoms with Gasteiger partial charge in [-0.1, -0.05) is 11.3 Å². The summed E-state index contributed by atoms with van der Waals surface area (Å²) >= 11 is 0.635. The highest BCUT2D eigenvalue weighted by Gasteiger charge is 2.35. The van der Waals surface area contributed by atoms with Crippen LogP contribution < -0.4 is 4.90 Å². The van der Waals surface area contributed by atoms with E-state index < -0.39 is 11.1 Å². The van der Waals surface area contributed by atoms with Crippen molar-refractivity contribution in [3.8, 4) is 0 Å². The van der Waals surface area contributed by atoms with E-state index >= 15 is 0 Å². The van der Waals surface area contributed by atoms with E-state index in [1.807, 2.05) is 0 Å². The predicted molar refractivity (Wildman–Crippen MR) is 54.6 cm³/mol. The fourth-order valence-corrected chi connectivity index (χ4v) is 2.69. The number of halogens is 3. The minimum atomic E-state index is -4.33. The van der Waals surface area contributed by atoms with E-state index in [2.05, 4.69) is 4.98 Å². The smallest absolute Gasteiger partial charge is 0.394 e. The second-order valence-electron chi connectivity index (χ2n) is 3.68. The zero-order valence-electron chi connectivity index (χ0n) is 8.37.